The molecule has 2 amide bonds. The Morgan fingerprint density at radius 1 is 1.06 bits per heavy atom. The number of ether oxygens (including phenoxy) is 1. The van der Waals surface area contributed by atoms with Crippen LogP contribution < -0.4 is 10.2 Å². The van der Waals surface area contributed by atoms with Gasteiger partial charge in [0.2, 0.25) is 0 Å². The third-order valence-electron chi connectivity index (χ3n) is 6.02. The average Bonchev–Trinajstić information content (AvgIpc) is 3.49. The number of benzene rings is 1. The van der Waals surface area contributed by atoms with Gasteiger partial charge < -0.3 is 24.3 Å². The van der Waals surface area contributed by atoms with Gasteiger partial charge in [-0.2, -0.15) is 0 Å². The molecule has 0 bridgehead atoms. The molecule has 2 fully saturated rings. The van der Waals surface area contributed by atoms with E-state index in [1.807, 2.05) is 48.2 Å². The molecule has 3 aromatic rings. The highest BCUT2D eigenvalue weighted by molar-refractivity contribution is 6.04. The standard InChI is InChI=1S/C24H26N4O4/c1-16-4-9-20-19(25-16)15-22(32-20)23(29)26-17-5-7-18(8-6-17)27-10-12-28(13-11-27)24(30)21-3-2-14-31-21/h4-9,15,21H,2-3,10-14H2,1H3,(H,26,29)/t21-/m0/s1. The van der Waals surface area contributed by atoms with Crippen molar-refractivity contribution in [3.05, 3.63) is 53.9 Å². The topological polar surface area (TPSA) is 87.9 Å². The Balaban J connectivity index is 1.18. The van der Waals surface area contributed by atoms with Crippen LogP contribution in [0, 0.1) is 6.92 Å². The van der Waals surface area contributed by atoms with E-state index in [0.29, 0.717) is 36.5 Å². The number of carbonyl (C=O) groups excluding carboxylic acids is 2. The minimum Gasteiger partial charge on any atom is -0.449 e. The zero-order valence-electron chi connectivity index (χ0n) is 18.0. The van der Waals surface area contributed by atoms with Crippen LogP contribution in [0.3, 0.4) is 0 Å². The largest absolute Gasteiger partial charge is 0.449 e. The number of aromatic nitrogens is 1. The summed E-state index contributed by atoms with van der Waals surface area (Å²) in [6.45, 7) is 5.51. The molecule has 8 nitrogen and oxygen atoms in total. The number of amides is 2. The molecule has 1 aromatic carbocycles. The fourth-order valence-electron chi connectivity index (χ4n) is 4.25. The first kappa shape index (κ1) is 20.5. The highest BCUT2D eigenvalue weighted by Crippen LogP contribution is 2.23. The smallest absolute Gasteiger partial charge is 0.291 e. The van der Waals surface area contributed by atoms with Crippen LogP contribution in [-0.2, 0) is 9.53 Å². The van der Waals surface area contributed by atoms with E-state index < -0.39 is 0 Å². The van der Waals surface area contributed by atoms with Crippen LogP contribution in [0.4, 0.5) is 11.4 Å². The third kappa shape index (κ3) is 4.18. The molecular formula is C24H26N4O4. The van der Waals surface area contributed by atoms with E-state index in [0.717, 1.165) is 37.3 Å². The number of hydrogen-bond acceptors (Lipinski definition) is 6. The fraction of sp³-hybridized carbons (Fsp3) is 0.375. The molecule has 0 aliphatic carbocycles. The Bertz CT molecular complexity index is 1130. The lowest BCUT2D eigenvalue weighted by atomic mass is 10.2. The van der Waals surface area contributed by atoms with Gasteiger partial charge in [-0.1, -0.05) is 0 Å². The van der Waals surface area contributed by atoms with Crippen molar-refractivity contribution in [3.63, 3.8) is 0 Å². The van der Waals surface area contributed by atoms with Gasteiger partial charge in [-0.25, -0.2) is 4.98 Å². The van der Waals surface area contributed by atoms with Crippen molar-refractivity contribution in [2.75, 3.05) is 43.0 Å². The van der Waals surface area contributed by atoms with E-state index in [2.05, 4.69) is 15.2 Å². The van der Waals surface area contributed by atoms with Gasteiger partial charge in [-0.05, 0) is 56.2 Å². The van der Waals surface area contributed by atoms with Crippen LogP contribution in [0.2, 0.25) is 0 Å². The van der Waals surface area contributed by atoms with Crippen molar-refractivity contribution in [1.82, 2.24) is 9.88 Å². The second kappa shape index (κ2) is 8.63. The van der Waals surface area contributed by atoms with Crippen LogP contribution in [0.5, 0.6) is 0 Å². The summed E-state index contributed by atoms with van der Waals surface area (Å²) < 4.78 is 11.1. The molecule has 0 saturated carbocycles. The lowest BCUT2D eigenvalue weighted by Gasteiger charge is -2.37. The molecule has 0 unspecified atom stereocenters. The number of nitrogens with zero attached hydrogens (tertiary/aromatic N) is 3. The van der Waals surface area contributed by atoms with Gasteiger partial charge in [0.1, 0.15) is 11.6 Å². The number of furan rings is 1. The molecule has 166 valence electrons. The number of aryl methyl sites for hydroxylation is 1. The predicted octanol–water partition coefficient (Wildman–Crippen LogP) is 3.22. The minimum absolute atomic E-state index is 0.121. The van der Waals surface area contributed by atoms with E-state index in [-0.39, 0.29) is 23.7 Å². The summed E-state index contributed by atoms with van der Waals surface area (Å²) in [7, 11) is 0. The maximum absolute atomic E-state index is 12.6. The maximum atomic E-state index is 12.6. The molecule has 2 saturated heterocycles. The lowest BCUT2D eigenvalue weighted by Crippen LogP contribution is -2.51. The van der Waals surface area contributed by atoms with E-state index >= 15 is 0 Å². The molecule has 32 heavy (non-hydrogen) atoms. The summed E-state index contributed by atoms with van der Waals surface area (Å²) in [4.78, 5) is 33.6. The lowest BCUT2D eigenvalue weighted by molar-refractivity contribution is -0.141. The summed E-state index contributed by atoms with van der Waals surface area (Å²) in [6, 6.07) is 13.0. The van der Waals surface area contributed by atoms with Gasteiger partial charge in [0.15, 0.2) is 11.3 Å². The maximum Gasteiger partial charge on any atom is 0.291 e. The van der Waals surface area contributed by atoms with Crippen molar-refractivity contribution in [2.45, 2.75) is 25.9 Å². The number of anilines is 2. The summed E-state index contributed by atoms with van der Waals surface area (Å²) in [5, 5.41) is 2.87. The van der Waals surface area contributed by atoms with E-state index in [1.165, 1.54) is 0 Å². The van der Waals surface area contributed by atoms with Crippen molar-refractivity contribution in [3.8, 4) is 0 Å². The van der Waals surface area contributed by atoms with Crippen LogP contribution in [0.25, 0.3) is 11.1 Å². The fourth-order valence-corrected chi connectivity index (χ4v) is 4.25. The number of nitrogens with one attached hydrogen (secondary N) is 1. The van der Waals surface area contributed by atoms with Crippen LogP contribution in [0.1, 0.15) is 29.1 Å². The second-order valence-corrected chi connectivity index (χ2v) is 8.26. The number of hydrogen-bond donors (Lipinski definition) is 1. The van der Waals surface area contributed by atoms with Crippen LogP contribution in [0.15, 0.2) is 46.9 Å². The van der Waals surface area contributed by atoms with E-state index in [4.69, 9.17) is 9.15 Å². The Labute approximate surface area is 186 Å². The van der Waals surface area contributed by atoms with Crippen LogP contribution >= 0.6 is 0 Å². The van der Waals surface area contributed by atoms with Crippen molar-refractivity contribution in [1.29, 1.82) is 0 Å². The van der Waals surface area contributed by atoms with Crippen molar-refractivity contribution in [2.24, 2.45) is 0 Å². The van der Waals surface area contributed by atoms with Gasteiger partial charge in [-0.15, -0.1) is 0 Å². The van der Waals surface area contributed by atoms with E-state index in [9.17, 15) is 9.59 Å². The third-order valence-corrected chi connectivity index (χ3v) is 6.02. The summed E-state index contributed by atoms with van der Waals surface area (Å²) in [5.41, 5.74) is 3.89. The zero-order chi connectivity index (χ0) is 22.1. The quantitative estimate of drug-likeness (QED) is 0.678. The number of carbonyl (C=O) groups is 2. The molecule has 8 heteroatoms. The summed E-state index contributed by atoms with van der Waals surface area (Å²) in [5.74, 6) is 0.0417. The highest BCUT2D eigenvalue weighted by atomic mass is 16.5. The Kier molecular flexibility index (Phi) is 5.53. The molecule has 1 N–H and O–H groups in total. The molecule has 2 aliphatic heterocycles. The zero-order valence-corrected chi connectivity index (χ0v) is 18.0. The minimum atomic E-state index is -0.310. The normalized spacial score (nSPS) is 18.8. The first-order chi connectivity index (χ1) is 15.6. The second-order valence-electron chi connectivity index (χ2n) is 8.26. The number of fused-ring (bicyclic) bond motifs is 1. The van der Waals surface area contributed by atoms with Gasteiger partial charge in [0.05, 0.1) is 0 Å². The van der Waals surface area contributed by atoms with Gasteiger partial charge in [0.25, 0.3) is 11.8 Å². The number of piperazine rings is 1. The van der Waals surface area contributed by atoms with Crippen molar-refractivity contribution >= 4 is 34.3 Å². The Hall–Kier alpha value is -3.39. The number of rotatable bonds is 4. The molecule has 0 radical (unpaired) electrons. The van der Waals surface area contributed by atoms with Crippen LogP contribution in [-0.4, -0.2) is 60.6 Å². The molecule has 2 aromatic heterocycles. The van der Waals surface area contributed by atoms with Gasteiger partial charge >= 0.3 is 0 Å². The van der Waals surface area contributed by atoms with Crippen molar-refractivity contribution < 1.29 is 18.7 Å². The molecule has 5 rings (SSSR count). The molecule has 2 aliphatic rings. The van der Waals surface area contributed by atoms with Gasteiger partial charge in [-0.3, -0.25) is 9.59 Å². The Morgan fingerprint density at radius 3 is 2.56 bits per heavy atom. The van der Waals surface area contributed by atoms with E-state index in [1.54, 1.807) is 6.07 Å². The number of pyridine rings is 1. The molecule has 4 heterocycles. The molecular weight excluding hydrogens is 408 g/mol. The Morgan fingerprint density at radius 2 is 1.84 bits per heavy atom. The van der Waals surface area contributed by atoms with Gasteiger partial charge in [0, 0.05) is 55.9 Å². The molecule has 0 spiro atoms. The SMILES string of the molecule is Cc1ccc2oc(C(=O)Nc3ccc(N4CCN(C(=O)[C@@H]5CCCO5)CC4)cc3)cc2n1. The monoisotopic (exact) mass is 434 g/mol. The predicted molar refractivity (Wildman–Crippen MR) is 121 cm³/mol. The summed E-state index contributed by atoms with van der Waals surface area (Å²) in [6.07, 6.45) is 1.54. The first-order valence-corrected chi connectivity index (χ1v) is 11.0. The summed E-state index contributed by atoms with van der Waals surface area (Å²) >= 11 is 0. The average molecular weight is 434 g/mol. The first-order valence-electron chi connectivity index (χ1n) is 11.0. The highest BCUT2D eigenvalue weighted by Gasteiger charge is 2.30. The molecule has 1 atom stereocenters.